The number of benzene rings is 2. The van der Waals surface area contributed by atoms with E-state index in [2.05, 4.69) is 21.2 Å². The highest BCUT2D eigenvalue weighted by Gasteiger charge is 2.11. The van der Waals surface area contributed by atoms with Crippen LogP contribution in [-0.2, 0) is 0 Å². The van der Waals surface area contributed by atoms with Crippen LogP contribution in [0.1, 0.15) is 15.9 Å². The largest absolute Gasteiger partial charge is 0.478 e. The number of halogens is 1. The zero-order chi connectivity index (χ0) is 14.0. The fourth-order valence-corrected chi connectivity index (χ4v) is 2.18. The van der Waals surface area contributed by atoms with Gasteiger partial charge < -0.3 is 16.2 Å². The lowest BCUT2D eigenvalue weighted by Crippen LogP contribution is -2.05. The molecule has 0 saturated heterocycles. The van der Waals surface area contributed by atoms with Gasteiger partial charge in [0.15, 0.2) is 0 Å². The Morgan fingerprint density at radius 2 is 2.00 bits per heavy atom. The third-order valence-corrected chi connectivity index (χ3v) is 3.22. The van der Waals surface area contributed by atoms with E-state index in [1.807, 2.05) is 30.3 Å². The molecule has 0 saturated carbocycles. The number of carbonyl (C=O) groups is 1. The molecule has 0 radical (unpaired) electrons. The molecular formula is C14H13BrN2O2. The van der Waals surface area contributed by atoms with Crippen molar-refractivity contribution >= 4 is 39.0 Å². The number of nitrogens with one attached hydrogen (secondary N) is 1. The van der Waals surface area contributed by atoms with Crippen molar-refractivity contribution in [2.24, 2.45) is 0 Å². The molecule has 0 atom stereocenters. The number of carboxylic acid groups (broad SMARTS) is 1. The maximum absolute atomic E-state index is 11.1. The molecule has 0 aliphatic carbocycles. The SMILES string of the molecule is Cc1cc(Nc2cccc(Br)c2)cc(C(=O)O)c1N. The van der Waals surface area contributed by atoms with Crippen LogP contribution in [-0.4, -0.2) is 11.1 Å². The van der Waals surface area contributed by atoms with Crippen molar-refractivity contribution in [3.8, 4) is 0 Å². The second kappa shape index (κ2) is 5.32. The molecule has 0 aliphatic heterocycles. The maximum atomic E-state index is 11.1. The van der Waals surface area contributed by atoms with E-state index >= 15 is 0 Å². The van der Waals surface area contributed by atoms with E-state index in [4.69, 9.17) is 10.8 Å². The molecule has 98 valence electrons. The topological polar surface area (TPSA) is 75.3 Å². The van der Waals surface area contributed by atoms with Crippen LogP contribution in [0.5, 0.6) is 0 Å². The Labute approximate surface area is 119 Å². The molecule has 0 aliphatic rings. The number of hydrogen-bond acceptors (Lipinski definition) is 3. The number of anilines is 3. The molecular weight excluding hydrogens is 308 g/mol. The highest BCUT2D eigenvalue weighted by atomic mass is 79.9. The molecule has 0 aromatic heterocycles. The van der Waals surface area contributed by atoms with Crippen LogP contribution in [0.2, 0.25) is 0 Å². The lowest BCUT2D eigenvalue weighted by molar-refractivity contribution is 0.0698. The minimum absolute atomic E-state index is 0.109. The summed E-state index contributed by atoms with van der Waals surface area (Å²) in [5.41, 5.74) is 8.46. The van der Waals surface area contributed by atoms with Crippen molar-refractivity contribution in [2.75, 3.05) is 11.1 Å². The average molecular weight is 321 g/mol. The molecule has 2 rings (SSSR count). The van der Waals surface area contributed by atoms with Gasteiger partial charge in [-0.05, 0) is 42.8 Å². The number of aromatic carboxylic acids is 1. The van der Waals surface area contributed by atoms with E-state index in [1.165, 1.54) is 6.07 Å². The summed E-state index contributed by atoms with van der Waals surface area (Å²) < 4.78 is 0.947. The number of carboxylic acids is 1. The van der Waals surface area contributed by atoms with E-state index in [1.54, 1.807) is 6.92 Å². The summed E-state index contributed by atoms with van der Waals surface area (Å²) in [6, 6.07) is 11.0. The number of aryl methyl sites for hydroxylation is 1. The maximum Gasteiger partial charge on any atom is 0.337 e. The Balaban J connectivity index is 2.38. The number of hydrogen-bond donors (Lipinski definition) is 3. The normalized spacial score (nSPS) is 10.2. The van der Waals surface area contributed by atoms with Crippen molar-refractivity contribution in [1.82, 2.24) is 0 Å². The minimum atomic E-state index is -1.03. The van der Waals surface area contributed by atoms with E-state index in [-0.39, 0.29) is 5.56 Å². The summed E-state index contributed by atoms with van der Waals surface area (Å²) in [6.07, 6.45) is 0. The fraction of sp³-hybridized carbons (Fsp3) is 0.0714. The van der Waals surface area contributed by atoms with Gasteiger partial charge in [-0.1, -0.05) is 22.0 Å². The molecule has 2 aromatic carbocycles. The van der Waals surface area contributed by atoms with Crippen molar-refractivity contribution < 1.29 is 9.90 Å². The predicted molar refractivity (Wildman–Crippen MR) is 80.0 cm³/mol. The van der Waals surface area contributed by atoms with Crippen LogP contribution in [0.25, 0.3) is 0 Å². The lowest BCUT2D eigenvalue weighted by Gasteiger charge is -2.11. The Hall–Kier alpha value is -2.01. The molecule has 0 unspecified atom stereocenters. The third kappa shape index (κ3) is 3.06. The average Bonchev–Trinajstić information content (AvgIpc) is 2.33. The van der Waals surface area contributed by atoms with Gasteiger partial charge in [0.05, 0.1) is 5.56 Å². The smallest absolute Gasteiger partial charge is 0.337 e. The Morgan fingerprint density at radius 1 is 1.26 bits per heavy atom. The summed E-state index contributed by atoms with van der Waals surface area (Å²) >= 11 is 3.39. The highest BCUT2D eigenvalue weighted by Crippen LogP contribution is 2.26. The van der Waals surface area contributed by atoms with Crippen LogP contribution in [0.4, 0.5) is 17.1 Å². The Bertz CT molecular complexity index is 641. The summed E-state index contributed by atoms with van der Waals surface area (Å²) in [6.45, 7) is 1.79. The molecule has 0 bridgehead atoms. The molecule has 0 amide bonds. The Kier molecular flexibility index (Phi) is 3.76. The van der Waals surface area contributed by atoms with E-state index in [0.717, 1.165) is 15.7 Å². The molecule has 2 aromatic rings. The molecule has 4 nitrogen and oxygen atoms in total. The van der Waals surface area contributed by atoms with Crippen molar-refractivity contribution in [3.05, 3.63) is 52.0 Å². The first-order valence-electron chi connectivity index (χ1n) is 5.63. The highest BCUT2D eigenvalue weighted by molar-refractivity contribution is 9.10. The zero-order valence-electron chi connectivity index (χ0n) is 10.3. The second-order valence-corrected chi connectivity index (χ2v) is 5.11. The fourth-order valence-electron chi connectivity index (χ4n) is 1.78. The molecule has 4 N–H and O–H groups in total. The van der Waals surface area contributed by atoms with E-state index < -0.39 is 5.97 Å². The van der Waals surface area contributed by atoms with Crippen molar-refractivity contribution in [1.29, 1.82) is 0 Å². The van der Waals surface area contributed by atoms with Gasteiger partial charge in [0.1, 0.15) is 0 Å². The van der Waals surface area contributed by atoms with Gasteiger partial charge in [0, 0.05) is 21.5 Å². The standard InChI is InChI=1S/C14H13BrN2O2/c1-8-5-11(7-12(13(8)16)14(18)19)17-10-4-2-3-9(15)6-10/h2-7,17H,16H2,1H3,(H,18,19). The summed E-state index contributed by atoms with van der Waals surface area (Å²) in [7, 11) is 0. The molecule has 0 heterocycles. The number of rotatable bonds is 3. The predicted octanol–water partition coefficient (Wildman–Crippen LogP) is 3.78. The molecule has 0 fully saturated rings. The van der Waals surface area contributed by atoms with Gasteiger partial charge in [-0.2, -0.15) is 0 Å². The van der Waals surface area contributed by atoms with Gasteiger partial charge in [0.2, 0.25) is 0 Å². The molecule has 5 heteroatoms. The third-order valence-electron chi connectivity index (χ3n) is 2.73. The van der Waals surface area contributed by atoms with Crippen LogP contribution in [0.15, 0.2) is 40.9 Å². The molecule has 0 spiro atoms. The van der Waals surface area contributed by atoms with Crippen molar-refractivity contribution in [3.63, 3.8) is 0 Å². The monoisotopic (exact) mass is 320 g/mol. The van der Waals surface area contributed by atoms with E-state index in [9.17, 15) is 4.79 Å². The zero-order valence-corrected chi connectivity index (χ0v) is 11.9. The van der Waals surface area contributed by atoms with Crippen LogP contribution < -0.4 is 11.1 Å². The first-order valence-corrected chi connectivity index (χ1v) is 6.42. The summed E-state index contributed by atoms with van der Waals surface area (Å²) in [5.74, 6) is -1.03. The number of nitrogen functional groups attached to an aromatic ring is 1. The summed E-state index contributed by atoms with van der Waals surface area (Å²) in [4.78, 5) is 11.1. The van der Waals surface area contributed by atoms with Crippen LogP contribution in [0, 0.1) is 6.92 Å². The quantitative estimate of drug-likeness (QED) is 0.752. The van der Waals surface area contributed by atoms with Gasteiger partial charge in [-0.15, -0.1) is 0 Å². The van der Waals surface area contributed by atoms with E-state index in [0.29, 0.717) is 11.4 Å². The van der Waals surface area contributed by atoms with Crippen LogP contribution in [0.3, 0.4) is 0 Å². The first-order chi connectivity index (χ1) is 8.97. The molecule has 19 heavy (non-hydrogen) atoms. The Morgan fingerprint density at radius 3 is 2.63 bits per heavy atom. The van der Waals surface area contributed by atoms with Gasteiger partial charge in [-0.25, -0.2) is 4.79 Å². The first kappa shape index (κ1) is 13.4. The van der Waals surface area contributed by atoms with Gasteiger partial charge in [0.25, 0.3) is 0 Å². The van der Waals surface area contributed by atoms with Gasteiger partial charge >= 0.3 is 5.97 Å². The summed E-state index contributed by atoms with van der Waals surface area (Å²) in [5, 5.41) is 12.3. The van der Waals surface area contributed by atoms with Crippen molar-refractivity contribution in [2.45, 2.75) is 6.92 Å². The number of nitrogens with two attached hydrogens (primary N) is 1. The van der Waals surface area contributed by atoms with Gasteiger partial charge in [-0.3, -0.25) is 0 Å². The van der Waals surface area contributed by atoms with Crippen LogP contribution >= 0.6 is 15.9 Å². The lowest BCUT2D eigenvalue weighted by atomic mass is 10.1. The second-order valence-electron chi connectivity index (χ2n) is 4.19. The minimum Gasteiger partial charge on any atom is -0.478 e.